The first-order valence-electron chi connectivity index (χ1n) is 6.63. The molecule has 2 rings (SSSR count). The van der Waals surface area contributed by atoms with Gasteiger partial charge in [0.15, 0.2) is 5.13 Å². The fourth-order valence-electron chi connectivity index (χ4n) is 2.54. The van der Waals surface area contributed by atoms with Crippen LogP contribution >= 0.6 is 11.3 Å². The van der Waals surface area contributed by atoms with Crippen molar-refractivity contribution in [2.75, 3.05) is 18.0 Å². The second kappa shape index (κ2) is 5.83. The summed E-state index contributed by atoms with van der Waals surface area (Å²) in [5.74, 6) is 0. The van der Waals surface area contributed by atoms with Crippen LogP contribution in [0.2, 0.25) is 0 Å². The Bertz CT molecular complexity index is 336. The lowest BCUT2D eigenvalue weighted by molar-refractivity contribution is 0.415. The Hall–Kier alpha value is -0.610. The van der Waals surface area contributed by atoms with Gasteiger partial charge in [-0.15, -0.1) is 11.3 Å². The topological polar surface area (TPSA) is 42.2 Å². The molecule has 3 nitrogen and oxygen atoms in total. The predicted molar refractivity (Wildman–Crippen MR) is 74.9 cm³/mol. The molecular weight excluding hydrogens is 230 g/mol. The molecule has 0 saturated heterocycles. The Balaban J connectivity index is 2.15. The Morgan fingerprint density at radius 2 is 2.00 bits per heavy atom. The van der Waals surface area contributed by atoms with Crippen molar-refractivity contribution in [1.29, 1.82) is 0 Å². The molecule has 0 radical (unpaired) electrons. The number of nitrogens with two attached hydrogens (primary N) is 1. The van der Waals surface area contributed by atoms with E-state index < -0.39 is 0 Å². The average Bonchev–Trinajstić information content (AvgIpc) is 2.67. The Labute approximate surface area is 108 Å². The van der Waals surface area contributed by atoms with Gasteiger partial charge < -0.3 is 10.6 Å². The molecule has 1 heterocycles. The smallest absolute Gasteiger partial charge is 0.186 e. The normalized spacial score (nSPS) is 17.4. The van der Waals surface area contributed by atoms with E-state index in [2.05, 4.69) is 18.7 Å². The van der Waals surface area contributed by atoms with Crippen LogP contribution in [0, 0.1) is 13.8 Å². The summed E-state index contributed by atoms with van der Waals surface area (Å²) in [6, 6.07) is 0.664. The molecule has 4 heteroatoms. The van der Waals surface area contributed by atoms with E-state index in [0.717, 1.165) is 6.54 Å². The minimum atomic E-state index is 0.664. The highest BCUT2D eigenvalue weighted by atomic mass is 32.1. The quantitative estimate of drug-likeness (QED) is 0.897. The summed E-state index contributed by atoms with van der Waals surface area (Å²) >= 11 is 1.82. The van der Waals surface area contributed by atoms with Crippen molar-refractivity contribution in [3.63, 3.8) is 0 Å². The van der Waals surface area contributed by atoms with Gasteiger partial charge in [0.1, 0.15) is 0 Å². The minimum Gasteiger partial charge on any atom is -0.344 e. The monoisotopic (exact) mass is 253 g/mol. The number of nitrogens with zero attached hydrogens (tertiary/aromatic N) is 2. The van der Waals surface area contributed by atoms with Gasteiger partial charge in [-0.25, -0.2) is 4.98 Å². The largest absolute Gasteiger partial charge is 0.344 e. The standard InChI is InChI=1S/C13H23N3S/c1-10-11(2)17-13(15-10)16(9-8-14)12-6-4-3-5-7-12/h12H,3-9,14H2,1-2H3. The number of hydrogen-bond donors (Lipinski definition) is 1. The van der Waals surface area contributed by atoms with E-state index in [1.54, 1.807) is 0 Å². The third kappa shape index (κ3) is 2.99. The van der Waals surface area contributed by atoms with Gasteiger partial charge in [0, 0.05) is 24.0 Å². The Morgan fingerprint density at radius 3 is 2.53 bits per heavy atom. The fourth-order valence-corrected chi connectivity index (χ4v) is 3.55. The molecule has 1 aromatic rings. The lowest BCUT2D eigenvalue weighted by atomic mass is 9.94. The van der Waals surface area contributed by atoms with Crippen LogP contribution in [0.15, 0.2) is 0 Å². The Morgan fingerprint density at radius 1 is 1.29 bits per heavy atom. The molecule has 1 aliphatic rings. The number of aryl methyl sites for hydroxylation is 2. The van der Waals surface area contributed by atoms with Crippen LogP contribution in [-0.4, -0.2) is 24.1 Å². The predicted octanol–water partition coefficient (Wildman–Crippen LogP) is 2.86. The van der Waals surface area contributed by atoms with Gasteiger partial charge in [-0.1, -0.05) is 19.3 Å². The van der Waals surface area contributed by atoms with Crippen LogP contribution in [0.3, 0.4) is 0 Å². The summed E-state index contributed by atoms with van der Waals surface area (Å²) in [5, 5.41) is 1.18. The summed E-state index contributed by atoms with van der Waals surface area (Å²) in [6.07, 6.45) is 6.71. The highest BCUT2D eigenvalue weighted by molar-refractivity contribution is 7.15. The van der Waals surface area contributed by atoms with E-state index in [1.807, 2.05) is 11.3 Å². The van der Waals surface area contributed by atoms with Crippen molar-refractivity contribution in [2.24, 2.45) is 5.73 Å². The van der Waals surface area contributed by atoms with Gasteiger partial charge in [0.05, 0.1) is 5.69 Å². The van der Waals surface area contributed by atoms with Crippen LogP contribution < -0.4 is 10.6 Å². The number of rotatable bonds is 4. The fraction of sp³-hybridized carbons (Fsp3) is 0.769. The van der Waals surface area contributed by atoms with Crippen molar-refractivity contribution in [3.05, 3.63) is 10.6 Å². The van der Waals surface area contributed by atoms with Gasteiger partial charge in [-0.3, -0.25) is 0 Å². The maximum Gasteiger partial charge on any atom is 0.186 e. The SMILES string of the molecule is Cc1nc(N(CCN)C2CCCCC2)sc1C. The van der Waals surface area contributed by atoms with Crippen LogP contribution in [0.5, 0.6) is 0 Å². The zero-order chi connectivity index (χ0) is 12.3. The molecular formula is C13H23N3S. The maximum atomic E-state index is 5.75. The minimum absolute atomic E-state index is 0.664. The highest BCUT2D eigenvalue weighted by Gasteiger charge is 2.23. The maximum absolute atomic E-state index is 5.75. The number of thiazole rings is 1. The molecule has 1 fully saturated rings. The van der Waals surface area contributed by atoms with Crippen LogP contribution in [0.25, 0.3) is 0 Å². The molecule has 1 aliphatic carbocycles. The van der Waals surface area contributed by atoms with Crippen LogP contribution in [-0.2, 0) is 0 Å². The summed E-state index contributed by atoms with van der Waals surface area (Å²) in [7, 11) is 0. The number of hydrogen-bond acceptors (Lipinski definition) is 4. The van der Waals surface area contributed by atoms with Crippen molar-refractivity contribution in [3.8, 4) is 0 Å². The molecule has 0 atom stereocenters. The molecule has 0 amide bonds. The van der Waals surface area contributed by atoms with E-state index in [-0.39, 0.29) is 0 Å². The van der Waals surface area contributed by atoms with Crippen molar-refractivity contribution in [2.45, 2.75) is 52.0 Å². The van der Waals surface area contributed by atoms with Crippen LogP contribution in [0.4, 0.5) is 5.13 Å². The first-order valence-corrected chi connectivity index (χ1v) is 7.44. The van der Waals surface area contributed by atoms with Crippen molar-refractivity contribution in [1.82, 2.24) is 4.98 Å². The molecule has 1 saturated carbocycles. The van der Waals surface area contributed by atoms with Crippen LogP contribution in [0.1, 0.15) is 42.7 Å². The van der Waals surface area contributed by atoms with Crippen molar-refractivity contribution >= 4 is 16.5 Å². The van der Waals surface area contributed by atoms with Gasteiger partial charge in [0.2, 0.25) is 0 Å². The lowest BCUT2D eigenvalue weighted by Gasteiger charge is -2.33. The lowest BCUT2D eigenvalue weighted by Crippen LogP contribution is -2.40. The molecule has 0 unspecified atom stereocenters. The summed E-state index contributed by atoms with van der Waals surface area (Å²) in [4.78, 5) is 8.47. The van der Waals surface area contributed by atoms with E-state index in [1.165, 1.54) is 47.8 Å². The molecule has 96 valence electrons. The summed E-state index contributed by atoms with van der Waals surface area (Å²) in [5.41, 5.74) is 6.92. The first-order chi connectivity index (χ1) is 8.22. The average molecular weight is 253 g/mol. The zero-order valence-corrected chi connectivity index (χ0v) is 11.7. The molecule has 1 aromatic heterocycles. The molecule has 0 aliphatic heterocycles. The van der Waals surface area contributed by atoms with E-state index in [9.17, 15) is 0 Å². The van der Waals surface area contributed by atoms with E-state index >= 15 is 0 Å². The second-order valence-electron chi connectivity index (χ2n) is 4.91. The molecule has 2 N–H and O–H groups in total. The van der Waals surface area contributed by atoms with E-state index in [0.29, 0.717) is 12.6 Å². The van der Waals surface area contributed by atoms with Gasteiger partial charge >= 0.3 is 0 Å². The third-order valence-corrected chi connectivity index (χ3v) is 4.76. The zero-order valence-electron chi connectivity index (χ0n) is 10.9. The summed E-state index contributed by atoms with van der Waals surface area (Å²) < 4.78 is 0. The first kappa shape index (κ1) is 12.8. The molecule has 17 heavy (non-hydrogen) atoms. The van der Waals surface area contributed by atoms with E-state index in [4.69, 9.17) is 10.7 Å². The second-order valence-corrected chi connectivity index (χ2v) is 6.09. The number of aromatic nitrogens is 1. The van der Waals surface area contributed by atoms with Gasteiger partial charge in [-0.05, 0) is 26.7 Å². The molecule has 0 bridgehead atoms. The van der Waals surface area contributed by atoms with Gasteiger partial charge in [0.25, 0.3) is 0 Å². The van der Waals surface area contributed by atoms with Crippen molar-refractivity contribution < 1.29 is 0 Å². The third-order valence-electron chi connectivity index (χ3n) is 3.65. The molecule has 0 spiro atoms. The van der Waals surface area contributed by atoms with Gasteiger partial charge in [-0.2, -0.15) is 0 Å². The Kier molecular flexibility index (Phi) is 4.40. The molecule has 0 aromatic carbocycles. The number of anilines is 1. The summed E-state index contributed by atoms with van der Waals surface area (Å²) in [6.45, 7) is 5.90. The highest BCUT2D eigenvalue weighted by Crippen LogP contribution is 2.31.